The lowest BCUT2D eigenvalue weighted by atomic mass is 9.90. The molecule has 1 unspecified atom stereocenters. The van der Waals surface area contributed by atoms with Crippen LogP contribution in [-0.2, 0) is 20.8 Å². The largest absolute Gasteiger partial charge is 0.466 e. The van der Waals surface area contributed by atoms with Crippen LogP contribution >= 0.6 is 0 Å². The van der Waals surface area contributed by atoms with Gasteiger partial charge in [0, 0.05) is 30.6 Å². The van der Waals surface area contributed by atoms with E-state index < -0.39 is 11.6 Å². The summed E-state index contributed by atoms with van der Waals surface area (Å²) >= 11 is 0. The van der Waals surface area contributed by atoms with Gasteiger partial charge in [0.05, 0.1) is 12.8 Å². The number of piperidine rings is 1. The van der Waals surface area contributed by atoms with Gasteiger partial charge in [-0.05, 0) is 49.8 Å². The van der Waals surface area contributed by atoms with Crippen LogP contribution < -0.4 is 0 Å². The average molecular weight is 421 g/mol. The van der Waals surface area contributed by atoms with Crippen molar-refractivity contribution in [3.05, 3.63) is 71.3 Å². The van der Waals surface area contributed by atoms with Crippen LogP contribution in [0.3, 0.4) is 0 Å². The van der Waals surface area contributed by atoms with Crippen LogP contribution in [0.15, 0.2) is 59.8 Å². The molecule has 0 spiro atoms. The summed E-state index contributed by atoms with van der Waals surface area (Å²) in [5.74, 6) is 0.186. The number of ether oxygens (including phenoxy) is 1. The molecular weight excluding hydrogens is 392 g/mol. The Morgan fingerprint density at radius 3 is 2.58 bits per heavy atom. The smallest absolute Gasteiger partial charge is 0.353 e. The molecule has 2 aromatic carbocycles. The number of benzene rings is 2. The van der Waals surface area contributed by atoms with Crippen molar-refractivity contribution in [2.24, 2.45) is 11.1 Å². The van der Waals surface area contributed by atoms with E-state index in [0.717, 1.165) is 37.9 Å². The third-order valence-electron chi connectivity index (χ3n) is 6.19. The maximum atomic E-state index is 13.1. The van der Waals surface area contributed by atoms with Crippen molar-refractivity contribution < 1.29 is 19.2 Å². The zero-order valence-corrected chi connectivity index (χ0v) is 18.0. The van der Waals surface area contributed by atoms with E-state index in [-0.39, 0.29) is 5.91 Å². The van der Waals surface area contributed by atoms with Crippen molar-refractivity contribution in [2.75, 3.05) is 20.2 Å². The molecule has 1 amide bonds. The third kappa shape index (κ3) is 4.63. The topological polar surface area (TPSA) is 68.2 Å². The number of nitrogens with zero attached hydrogens (tertiary/aromatic N) is 2. The Morgan fingerprint density at radius 2 is 1.87 bits per heavy atom. The van der Waals surface area contributed by atoms with Gasteiger partial charge in [-0.2, -0.15) is 0 Å². The molecule has 0 N–H and O–H groups in total. The van der Waals surface area contributed by atoms with Crippen LogP contribution in [0.25, 0.3) is 0 Å². The number of likely N-dealkylation sites (tertiary alicyclic amines) is 1. The average Bonchev–Trinajstić information content (AvgIpc) is 3.23. The summed E-state index contributed by atoms with van der Waals surface area (Å²) in [5, 5.41) is 4.08. The van der Waals surface area contributed by atoms with E-state index in [4.69, 9.17) is 9.57 Å². The van der Waals surface area contributed by atoms with Gasteiger partial charge in [-0.1, -0.05) is 47.6 Å². The van der Waals surface area contributed by atoms with Gasteiger partial charge in [-0.3, -0.25) is 4.79 Å². The van der Waals surface area contributed by atoms with Crippen LogP contribution in [0, 0.1) is 5.92 Å². The first-order valence-electron chi connectivity index (χ1n) is 10.8. The molecule has 0 radical (unpaired) electrons. The van der Waals surface area contributed by atoms with Crippen molar-refractivity contribution in [3.63, 3.8) is 0 Å². The zero-order valence-electron chi connectivity index (χ0n) is 18.0. The Bertz CT molecular complexity index is 980. The normalized spacial score (nSPS) is 21.4. The molecule has 4 rings (SSSR count). The Balaban J connectivity index is 1.37. The highest BCUT2D eigenvalue weighted by Gasteiger charge is 2.43. The molecule has 6 nitrogen and oxygen atoms in total. The molecule has 6 heteroatoms. The van der Waals surface area contributed by atoms with E-state index in [0.29, 0.717) is 23.6 Å². The number of amides is 1. The predicted octanol–water partition coefficient (Wildman–Crippen LogP) is 3.84. The monoisotopic (exact) mass is 420 g/mol. The molecule has 2 aromatic rings. The van der Waals surface area contributed by atoms with Crippen molar-refractivity contribution >= 4 is 17.6 Å². The molecule has 31 heavy (non-hydrogen) atoms. The molecule has 0 aliphatic carbocycles. The summed E-state index contributed by atoms with van der Waals surface area (Å²) in [6.45, 7) is 3.19. The molecule has 162 valence electrons. The fourth-order valence-electron chi connectivity index (χ4n) is 4.32. The van der Waals surface area contributed by atoms with E-state index in [1.54, 1.807) is 6.92 Å². The van der Waals surface area contributed by atoms with Gasteiger partial charge < -0.3 is 14.5 Å². The predicted molar refractivity (Wildman–Crippen MR) is 118 cm³/mol. The lowest BCUT2D eigenvalue weighted by Crippen LogP contribution is -2.39. The molecular formula is C25H28N2O4. The summed E-state index contributed by atoms with van der Waals surface area (Å²) < 4.78 is 4.81. The quantitative estimate of drug-likeness (QED) is 0.690. The minimum Gasteiger partial charge on any atom is -0.466 e. The molecule has 1 atom stereocenters. The number of rotatable bonds is 5. The molecule has 2 aliphatic rings. The third-order valence-corrected chi connectivity index (χ3v) is 6.19. The summed E-state index contributed by atoms with van der Waals surface area (Å²) in [5.41, 5.74) is 2.30. The first-order valence-corrected chi connectivity index (χ1v) is 10.8. The molecule has 1 saturated heterocycles. The number of oxime groups is 1. The summed E-state index contributed by atoms with van der Waals surface area (Å²) in [6, 6.07) is 17.9. The Labute approximate surface area is 182 Å². The SMILES string of the molecule is COC(=O)C1(C)CC(c2cccc(C(=O)N3CCC(Cc4ccccc4)CC3)c2)=NO1. The van der Waals surface area contributed by atoms with Gasteiger partial charge in [0.1, 0.15) is 0 Å². The fraction of sp³-hybridized carbons (Fsp3) is 0.400. The van der Waals surface area contributed by atoms with E-state index in [1.807, 2.05) is 35.2 Å². The fourth-order valence-corrected chi connectivity index (χ4v) is 4.32. The number of hydrogen-bond acceptors (Lipinski definition) is 5. The molecule has 2 heterocycles. The second-order valence-electron chi connectivity index (χ2n) is 8.53. The summed E-state index contributed by atoms with van der Waals surface area (Å²) in [4.78, 5) is 32.3. The number of carbonyl (C=O) groups is 2. The maximum Gasteiger partial charge on any atom is 0.353 e. The Morgan fingerprint density at radius 1 is 1.13 bits per heavy atom. The number of carbonyl (C=O) groups excluding carboxylic acids is 2. The van der Waals surface area contributed by atoms with Crippen LogP contribution in [0.5, 0.6) is 0 Å². The van der Waals surface area contributed by atoms with Crippen molar-refractivity contribution in [2.45, 2.75) is 38.2 Å². The first-order chi connectivity index (χ1) is 15.0. The highest BCUT2D eigenvalue weighted by Crippen LogP contribution is 2.28. The highest BCUT2D eigenvalue weighted by atomic mass is 16.7. The standard InChI is InChI=1S/C25H28N2O4/c1-25(24(29)30-2)17-22(26-31-25)20-9-6-10-21(16-20)23(28)27-13-11-19(12-14-27)15-18-7-4-3-5-8-18/h3-10,16,19H,11-15,17H2,1-2H3. The minimum absolute atomic E-state index is 0.0373. The van der Waals surface area contributed by atoms with Crippen LogP contribution in [-0.4, -0.2) is 48.3 Å². The molecule has 0 aromatic heterocycles. The van der Waals surface area contributed by atoms with Crippen LogP contribution in [0.4, 0.5) is 0 Å². The van der Waals surface area contributed by atoms with Crippen molar-refractivity contribution in [3.8, 4) is 0 Å². The van der Waals surface area contributed by atoms with Gasteiger partial charge in [0.15, 0.2) is 0 Å². The van der Waals surface area contributed by atoms with E-state index in [1.165, 1.54) is 12.7 Å². The van der Waals surface area contributed by atoms with Gasteiger partial charge in [-0.25, -0.2) is 4.79 Å². The zero-order chi connectivity index (χ0) is 21.8. The van der Waals surface area contributed by atoms with E-state index in [2.05, 4.69) is 29.4 Å². The highest BCUT2D eigenvalue weighted by molar-refractivity contribution is 6.06. The lowest BCUT2D eigenvalue weighted by Gasteiger charge is -2.32. The van der Waals surface area contributed by atoms with Crippen molar-refractivity contribution in [1.82, 2.24) is 4.90 Å². The van der Waals surface area contributed by atoms with Gasteiger partial charge >= 0.3 is 5.97 Å². The Hall–Kier alpha value is -3.15. The summed E-state index contributed by atoms with van der Waals surface area (Å²) in [6.07, 6.45) is 3.40. The van der Waals surface area contributed by atoms with E-state index in [9.17, 15) is 9.59 Å². The second-order valence-corrected chi connectivity index (χ2v) is 8.53. The first kappa shape index (κ1) is 21.1. The minimum atomic E-state index is -1.12. The van der Waals surface area contributed by atoms with Gasteiger partial charge in [-0.15, -0.1) is 0 Å². The Kier molecular flexibility index (Phi) is 6.07. The molecule has 2 aliphatic heterocycles. The van der Waals surface area contributed by atoms with Gasteiger partial charge in [0.25, 0.3) is 5.91 Å². The molecule has 0 saturated carbocycles. The molecule has 1 fully saturated rings. The van der Waals surface area contributed by atoms with Crippen molar-refractivity contribution in [1.29, 1.82) is 0 Å². The van der Waals surface area contributed by atoms with E-state index >= 15 is 0 Å². The second kappa shape index (κ2) is 8.92. The van der Waals surface area contributed by atoms with Crippen LogP contribution in [0.2, 0.25) is 0 Å². The molecule has 0 bridgehead atoms. The number of esters is 1. The number of hydrogen-bond donors (Lipinski definition) is 0. The van der Waals surface area contributed by atoms with Crippen LogP contribution in [0.1, 0.15) is 47.7 Å². The summed E-state index contributed by atoms with van der Waals surface area (Å²) in [7, 11) is 1.33. The van der Waals surface area contributed by atoms with Gasteiger partial charge in [0.2, 0.25) is 5.60 Å². The maximum absolute atomic E-state index is 13.1. The lowest BCUT2D eigenvalue weighted by molar-refractivity contribution is -0.164. The number of methoxy groups -OCH3 is 1.